The van der Waals surface area contributed by atoms with Crippen LogP contribution in [0.15, 0.2) is 6.33 Å². The van der Waals surface area contributed by atoms with E-state index in [9.17, 15) is 0 Å². The molecule has 1 aliphatic carbocycles. The van der Waals surface area contributed by atoms with Crippen LogP contribution < -0.4 is 5.32 Å². The molecule has 1 N–H and O–H groups in total. The van der Waals surface area contributed by atoms with Crippen molar-refractivity contribution < 1.29 is 0 Å². The quantitative estimate of drug-likeness (QED) is 0.861. The van der Waals surface area contributed by atoms with Gasteiger partial charge < -0.3 is 10.2 Å². The van der Waals surface area contributed by atoms with Gasteiger partial charge >= 0.3 is 0 Å². The molecule has 5 nitrogen and oxygen atoms in total. The highest BCUT2D eigenvalue weighted by molar-refractivity contribution is 5.04. The molecule has 0 saturated heterocycles. The molecular weight excluding hydrogens is 250 g/mol. The van der Waals surface area contributed by atoms with E-state index in [1.165, 1.54) is 32.1 Å². The molecule has 0 aliphatic heterocycles. The molecule has 0 bridgehead atoms. The number of rotatable bonds is 6. The second kappa shape index (κ2) is 6.68. The highest BCUT2D eigenvalue weighted by Crippen LogP contribution is 2.36. The maximum Gasteiger partial charge on any atom is 0.138 e. The third-order valence-electron chi connectivity index (χ3n) is 4.99. The predicted octanol–water partition coefficient (Wildman–Crippen LogP) is 1.69. The molecule has 1 aromatic heterocycles. The summed E-state index contributed by atoms with van der Waals surface area (Å²) in [5.74, 6) is 1.10. The molecule has 1 unspecified atom stereocenters. The van der Waals surface area contributed by atoms with E-state index in [0.29, 0.717) is 6.04 Å². The average Bonchev–Trinajstić information content (AvgIpc) is 2.92. The normalized spacial score (nSPS) is 20.2. The van der Waals surface area contributed by atoms with Crippen molar-refractivity contribution in [1.29, 1.82) is 0 Å². The number of likely N-dealkylation sites (N-methyl/N-ethyl adjacent to an activating group) is 2. The van der Waals surface area contributed by atoms with E-state index in [2.05, 4.69) is 48.4 Å². The van der Waals surface area contributed by atoms with Crippen molar-refractivity contribution in [3.8, 4) is 0 Å². The molecule has 1 fully saturated rings. The fourth-order valence-electron chi connectivity index (χ4n) is 3.72. The maximum atomic E-state index is 4.45. The van der Waals surface area contributed by atoms with Crippen LogP contribution in [0.4, 0.5) is 0 Å². The summed E-state index contributed by atoms with van der Waals surface area (Å²) in [6.07, 6.45) is 9.19. The van der Waals surface area contributed by atoms with Crippen molar-refractivity contribution in [2.45, 2.75) is 63.6 Å². The number of aromatic nitrogens is 3. The first-order valence-electron chi connectivity index (χ1n) is 7.85. The van der Waals surface area contributed by atoms with Crippen molar-refractivity contribution >= 4 is 0 Å². The number of nitrogens with one attached hydrogen (secondary N) is 1. The van der Waals surface area contributed by atoms with Crippen LogP contribution in [-0.4, -0.2) is 52.4 Å². The maximum absolute atomic E-state index is 4.45. The molecule has 20 heavy (non-hydrogen) atoms. The second-order valence-corrected chi connectivity index (χ2v) is 6.10. The fourth-order valence-corrected chi connectivity index (χ4v) is 3.72. The Kier molecular flexibility index (Phi) is 5.16. The topological polar surface area (TPSA) is 46.0 Å². The minimum absolute atomic E-state index is 0.248. The largest absolute Gasteiger partial charge is 0.315 e. The first-order chi connectivity index (χ1) is 9.64. The van der Waals surface area contributed by atoms with Crippen LogP contribution in [0.1, 0.15) is 44.9 Å². The molecule has 5 heteroatoms. The minimum atomic E-state index is 0.248. The minimum Gasteiger partial charge on any atom is -0.315 e. The number of aryl methyl sites for hydroxylation is 1. The summed E-state index contributed by atoms with van der Waals surface area (Å²) < 4.78 is 2.01. The van der Waals surface area contributed by atoms with E-state index in [4.69, 9.17) is 0 Å². The Morgan fingerprint density at radius 1 is 1.35 bits per heavy atom. The molecule has 0 amide bonds. The van der Waals surface area contributed by atoms with Crippen LogP contribution >= 0.6 is 0 Å². The molecule has 1 saturated carbocycles. The van der Waals surface area contributed by atoms with Gasteiger partial charge in [-0.2, -0.15) is 5.10 Å². The third kappa shape index (κ3) is 2.88. The Bertz CT molecular complexity index is 406. The van der Waals surface area contributed by atoms with Crippen molar-refractivity contribution in [1.82, 2.24) is 25.0 Å². The molecule has 0 aromatic carbocycles. The van der Waals surface area contributed by atoms with Gasteiger partial charge in [0.15, 0.2) is 0 Å². The SMILES string of the molecule is CCn1ncnc1CC(NC)C1(N(C)C)CCCCC1. The molecule has 0 radical (unpaired) electrons. The summed E-state index contributed by atoms with van der Waals surface area (Å²) in [7, 11) is 6.53. The van der Waals surface area contributed by atoms with Crippen molar-refractivity contribution in [2.75, 3.05) is 21.1 Å². The van der Waals surface area contributed by atoms with E-state index in [1.54, 1.807) is 6.33 Å². The van der Waals surface area contributed by atoms with Crippen LogP contribution in [-0.2, 0) is 13.0 Å². The van der Waals surface area contributed by atoms with Crippen LogP contribution in [0.3, 0.4) is 0 Å². The first kappa shape index (κ1) is 15.4. The van der Waals surface area contributed by atoms with Crippen molar-refractivity contribution in [3.05, 3.63) is 12.2 Å². The summed E-state index contributed by atoms with van der Waals surface area (Å²) in [5, 5.41) is 7.86. The lowest BCUT2D eigenvalue weighted by Gasteiger charge is -2.48. The Balaban J connectivity index is 2.20. The van der Waals surface area contributed by atoms with E-state index < -0.39 is 0 Å². The standard InChI is InChI=1S/C15H29N5/c1-5-20-14(17-12-18-20)11-13(16-2)15(19(3)4)9-7-6-8-10-15/h12-13,16H,5-11H2,1-4H3. The van der Waals surface area contributed by atoms with Crippen molar-refractivity contribution in [3.63, 3.8) is 0 Å². The second-order valence-electron chi connectivity index (χ2n) is 6.10. The Morgan fingerprint density at radius 3 is 2.60 bits per heavy atom. The smallest absolute Gasteiger partial charge is 0.138 e. The molecule has 1 atom stereocenters. The lowest BCUT2D eigenvalue weighted by Crippen LogP contribution is -2.60. The van der Waals surface area contributed by atoms with E-state index >= 15 is 0 Å². The van der Waals surface area contributed by atoms with Gasteiger partial charge in [-0.3, -0.25) is 4.68 Å². The highest BCUT2D eigenvalue weighted by Gasteiger charge is 2.41. The molecule has 1 heterocycles. The zero-order valence-corrected chi connectivity index (χ0v) is 13.4. The van der Waals surface area contributed by atoms with Gasteiger partial charge in [0.25, 0.3) is 0 Å². The predicted molar refractivity (Wildman–Crippen MR) is 81.8 cm³/mol. The number of hydrogen-bond acceptors (Lipinski definition) is 4. The summed E-state index contributed by atoms with van der Waals surface area (Å²) in [6, 6.07) is 0.423. The molecule has 114 valence electrons. The van der Waals surface area contributed by atoms with Gasteiger partial charge in [0.05, 0.1) is 0 Å². The molecule has 1 aromatic rings. The van der Waals surface area contributed by atoms with Crippen LogP contribution in [0.2, 0.25) is 0 Å². The lowest BCUT2D eigenvalue weighted by molar-refractivity contribution is 0.0587. The number of hydrogen-bond donors (Lipinski definition) is 1. The zero-order valence-electron chi connectivity index (χ0n) is 13.4. The zero-order chi connectivity index (χ0) is 14.6. The van der Waals surface area contributed by atoms with Gasteiger partial charge in [0.1, 0.15) is 12.2 Å². The average molecular weight is 279 g/mol. The van der Waals surface area contributed by atoms with Crippen molar-refractivity contribution in [2.24, 2.45) is 0 Å². The van der Waals surface area contributed by atoms with Gasteiger partial charge in [-0.05, 0) is 40.9 Å². The van der Waals surface area contributed by atoms with E-state index in [1.807, 2.05) is 4.68 Å². The molecule has 1 aliphatic rings. The summed E-state index contributed by atoms with van der Waals surface area (Å²) in [5.41, 5.74) is 0.248. The Morgan fingerprint density at radius 2 is 2.05 bits per heavy atom. The summed E-state index contributed by atoms with van der Waals surface area (Å²) in [6.45, 7) is 3.01. The summed E-state index contributed by atoms with van der Waals surface area (Å²) in [4.78, 5) is 6.88. The molecule has 0 spiro atoms. The lowest BCUT2D eigenvalue weighted by atomic mass is 9.74. The number of nitrogens with zero attached hydrogens (tertiary/aromatic N) is 4. The monoisotopic (exact) mass is 279 g/mol. The summed E-state index contributed by atoms with van der Waals surface area (Å²) >= 11 is 0. The molecule has 2 rings (SSSR count). The highest BCUT2D eigenvalue weighted by atomic mass is 15.3. The van der Waals surface area contributed by atoms with Gasteiger partial charge in [-0.1, -0.05) is 19.3 Å². The Hall–Kier alpha value is -0.940. The van der Waals surface area contributed by atoms with Crippen LogP contribution in [0.25, 0.3) is 0 Å². The fraction of sp³-hybridized carbons (Fsp3) is 0.867. The van der Waals surface area contributed by atoms with E-state index in [0.717, 1.165) is 18.8 Å². The molecular formula is C15H29N5. The van der Waals surface area contributed by atoms with Crippen LogP contribution in [0.5, 0.6) is 0 Å². The Labute approximate surface area is 122 Å². The first-order valence-corrected chi connectivity index (χ1v) is 7.85. The van der Waals surface area contributed by atoms with Gasteiger partial charge in [-0.25, -0.2) is 4.98 Å². The van der Waals surface area contributed by atoms with Crippen LogP contribution in [0, 0.1) is 0 Å². The van der Waals surface area contributed by atoms with Gasteiger partial charge in [-0.15, -0.1) is 0 Å². The third-order valence-corrected chi connectivity index (χ3v) is 4.99. The van der Waals surface area contributed by atoms with Gasteiger partial charge in [0, 0.05) is 24.5 Å². The van der Waals surface area contributed by atoms with E-state index in [-0.39, 0.29) is 5.54 Å². The van der Waals surface area contributed by atoms with Gasteiger partial charge in [0.2, 0.25) is 0 Å².